The molecule has 0 radical (unpaired) electrons. The van der Waals surface area contributed by atoms with Crippen LogP contribution in [-0.4, -0.2) is 44.4 Å². The van der Waals surface area contributed by atoms with E-state index < -0.39 is 25.7 Å². The Bertz CT molecular complexity index is 1350. The van der Waals surface area contributed by atoms with Crippen molar-refractivity contribution in [2.75, 3.05) is 12.0 Å². The van der Waals surface area contributed by atoms with Gasteiger partial charge < -0.3 is 4.18 Å². The van der Waals surface area contributed by atoms with Crippen LogP contribution in [0.3, 0.4) is 0 Å². The first kappa shape index (κ1) is 28.8. The fourth-order valence-electron chi connectivity index (χ4n) is 3.68. The smallest absolute Gasteiger partial charge is 0.310 e. The fraction of sp³-hybridized carbons (Fsp3) is 0.520. The molecule has 0 bridgehead atoms. The molecule has 1 aromatic heterocycles. The highest BCUT2D eigenvalue weighted by Gasteiger charge is 2.28. The van der Waals surface area contributed by atoms with E-state index in [1.54, 1.807) is 6.92 Å². The molecule has 0 N–H and O–H groups in total. The second-order valence-corrected chi connectivity index (χ2v) is 13.2. The average Bonchev–Trinajstić information content (AvgIpc) is 3.11. The fourth-order valence-corrected chi connectivity index (χ4v) is 5.81. The maximum absolute atomic E-state index is 13.7. The van der Waals surface area contributed by atoms with Crippen molar-refractivity contribution in [3.8, 4) is 5.88 Å². The van der Waals surface area contributed by atoms with Crippen LogP contribution in [0.5, 0.6) is 5.88 Å². The van der Waals surface area contributed by atoms with Gasteiger partial charge in [0.2, 0.25) is 5.88 Å². The van der Waals surface area contributed by atoms with Gasteiger partial charge in [0, 0.05) is 18.4 Å². The lowest BCUT2D eigenvalue weighted by atomic mass is 9.91. The van der Waals surface area contributed by atoms with Crippen molar-refractivity contribution in [3.05, 3.63) is 46.2 Å². The van der Waals surface area contributed by atoms with Crippen LogP contribution in [0.2, 0.25) is 0 Å². The molecule has 0 fully saturated rings. The topological polar surface area (TPSA) is 112 Å². The SMILES string of the molecule is CCCCS(=O)(=O)Oc1c(C(=O)c2ccc(S(C)(=O)=O)c(C(C)=C(C)C)c2C)cnn1CC(C)C. The molecule has 2 aromatic rings. The first-order valence-electron chi connectivity index (χ1n) is 11.6. The minimum absolute atomic E-state index is 0.0155. The zero-order valence-electron chi connectivity index (χ0n) is 21.8. The Morgan fingerprint density at radius 3 is 2.23 bits per heavy atom. The second-order valence-electron chi connectivity index (χ2n) is 9.48. The maximum Gasteiger partial charge on any atom is 0.310 e. The molecule has 10 heteroatoms. The standard InChI is InChI=1S/C25H36N2O6S2/c1-9-10-13-35(31,32)33-25-21(14-26-27(25)15-16(2)3)24(28)20-11-12-22(34(8,29)30)23(19(20)7)18(6)17(4)5/h11-12,14,16H,9-10,13,15H2,1-8H3. The summed E-state index contributed by atoms with van der Waals surface area (Å²) < 4.78 is 57.0. The summed E-state index contributed by atoms with van der Waals surface area (Å²) in [5.74, 6) is -0.648. The minimum atomic E-state index is -3.93. The molecule has 0 aliphatic carbocycles. The lowest BCUT2D eigenvalue weighted by molar-refractivity contribution is 0.103. The number of sulfone groups is 1. The molecule has 2 rings (SSSR count). The molecule has 0 unspecified atom stereocenters. The minimum Gasteiger partial charge on any atom is -0.361 e. The van der Waals surface area contributed by atoms with E-state index in [0.717, 1.165) is 17.4 Å². The van der Waals surface area contributed by atoms with Crippen LogP contribution in [0.1, 0.15) is 81.4 Å². The first-order valence-corrected chi connectivity index (χ1v) is 15.1. The number of unbranched alkanes of at least 4 members (excludes halogenated alkanes) is 1. The van der Waals surface area contributed by atoms with Crippen molar-refractivity contribution >= 4 is 31.3 Å². The Balaban J connectivity index is 2.73. The third kappa shape index (κ3) is 6.82. The molecule has 8 nitrogen and oxygen atoms in total. The molecular weight excluding hydrogens is 488 g/mol. The van der Waals surface area contributed by atoms with Gasteiger partial charge in [-0.05, 0) is 68.9 Å². The van der Waals surface area contributed by atoms with Gasteiger partial charge in [-0.25, -0.2) is 13.1 Å². The highest BCUT2D eigenvalue weighted by molar-refractivity contribution is 7.90. The summed E-state index contributed by atoms with van der Waals surface area (Å²) in [5, 5.41) is 4.24. The van der Waals surface area contributed by atoms with Gasteiger partial charge in [0.05, 0.1) is 16.8 Å². The Kier molecular flexibility index (Phi) is 9.10. The number of hydrogen-bond acceptors (Lipinski definition) is 7. The molecule has 0 amide bonds. The third-order valence-electron chi connectivity index (χ3n) is 5.72. The normalized spacial score (nSPS) is 12.1. The average molecular weight is 525 g/mol. The molecule has 194 valence electrons. The van der Waals surface area contributed by atoms with Crippen molar-refractivity contribution in [2.45, 2.75) is 72.7 Å². The Morgan fingerprint density at radius 2 is 1.71 bits per heavy atom. The summed E-state index contributed by atoms with van der Waals surface area (Å²) in [5.41, 5.74) is 2.92. The van der Waals surface area contributed by atoms with E-state index in [1.807, 2.05) is 41.5 Å². The highest BCUT2D eigenvalue weighted by atomic mass is 32.2. The van der Waals surface area contributed by atoms with Crippen LogP contribution in [-0.2, 0) is 26.5 Å². The molecule has 1 aromatic carbocycles. The number of nitrogens with zero attached hydrogens (tertiary/aromatic N) is 2. The van der Waals surface area contributed by atoms with Gasteiger partial charge >= 0.3 is 10.1 Å². The van der Waals surface area contributed by atoms with E-state index in [4.69, 9.17) is 4.18 Å². The quantitative estimate of drug-likeness (QED) is 0.306. The summed E-state index contributed by atoms with van der Waals surface area (Å²) in [6.07, 6.45) is 3.56. The monoisotopic (exact) mass is 524 g/mol. The number of allylic oxidation sites excluding steroid dienone is 2. The number of carbonyl (C=O) groups is 1. The lowest BCUT2D eigenvalue weighted by Gasteiger charge is -2.17. The third-order valence-corrected chi connectivity index (χ3v) is 8.06. The van der Waals surface area contributed by atoms with Crippen molar-refractivity contribution in [2.24, 2.45) is 5.92 Å². The van der Waals surface area contributed by atoms with Gasteiger partial charge in [0.15, 0.2) is 15.6 Å². The number of hydrogen-bond donors (Lipinski definition) is 0. The van der Waals surface area contributed by atoms with Crippen molar-refractivity contribution in [1.82, 2.24) is 9.78 Å². The molecule has 0 saturated carbocycles. The largest absolute Gasteiger partial charge is 0.361 e. The molecule has 0 saturated heterocycles. The number of ketones is 1. The highest BCUT2D eigenvalue weighted by Crippen LogP contribution is 2.33. The van der Waals surface area contributed by atoms with E-state index in [1.165, 1.54) is 23.0 Å². The number of carbonyl (C=O) groups excluding carboxylic acids is 1. The summed E-state index contributed by atoms with van der Waals surface area (Å²) in [7, 11) is -7.49. The second kappa shape index (κ2) is 11.1. The van der Waals surface area contributed by atoms with Crippen LogP contribution in [0.15, 0.2) is 28.8 Å². The Morgan fingerprint density at radius 1 is 1.09 bits per heavy atom. The van der Waals surface area contributed by atoms with Crippen molar-refractivity contribution in [1.29, 1.82) is 0 Å². The lowest BCUT2D eigenvalue weighted by Crippen LogP contribution is -2.19. The predicted molar refractivity (Wildman–Crippen MR) is 138 cm³/mol. The molecule has 0 aliphatic heterocycles. The summed E-state index contributed by atoms with van der Waals surface area (Å²) in [6.45, 7) is 13.4. The van der Waals surface area contributed by atoms with Gasteiger partial charge in [-0.15, -0.1) is 0 Å². The zero-order chi connectivity index (χ0) is 26.7. The summed E-state index contributed by atoms with van der Waals surface area (Å²) in [6, 6.07) is 2.89. The summed E-state index contributed by atoms with van der Waals surface area (Å²) in [4.78, 5) is 13.8. The van der Waals surface area contributed by atoms with Crippen molar-refractivity contribution in [3.63, 3.8) is 0 Å². The molecule has 0 spiro atoms. The van der Waals surface area contributed by atoms with Crippen LogP contribution in [0, 0.1) is 12.8 Å². The molecule has 0 aliphatic rings. The molecular formula is C25H36N2O6S2. The number of aromatic nitrogens is 2. The van der Waals surface area contributed by atoms with E-state index in [9.17, 15) is 21.6 Å². The van der Waals surface area contributed by atoms with Crippen LogP contribution in [0.4, 0.5) is 0 Å². The van der Waals surface area contributed by atoms with E-state index in [0.29, 0.717) is 30.5 Å². The number of rotatable bonds is 11. The van der Waals surface area contributed by atoms with E-state index in [-0.39, 0.29) is 33.6 Å². The number of benzene rings is 1. The molecule has 1 heterocycles. The van der Waals surface area contributed by atoms with Crippen LogP contribution in [0.25, 0.3) is 5.57 Å². The van der Waals surface area contributed by atoms with Gasteiger partial charge in [-0.3, -0.25) is 4.79 Å². The molecule has 0 atom stereocenters. The molecule has 35 heavy (non-hydrogen) atoms. The van der Waals surface area contributed by atoms with Gasteiger partial charge in [0.1, 0.15) is 5.56 Å². The van der Waals surface area contributed by atoms with Crippen molar-refractivity contribution < 1.29 is 25.8 Å². The van der Waals surface area contributed by atoms with Gasteiger partial charge in [-0.1, -0.05) is 32.8 Å². The predicted octanol–water partition coefficient (Wildman–Crippen LogP) is 4.80. The van der Waals surface area contributed by atoms with E-state index in [2.05, 4.69) is 5.10 Å². The Hall–Kier alpha value is -2.46. The maximum atomic E-state index is 13.7. The zero-order valence-corrected chi connectivity index (χ0v) is 23.4. The van der Waals surface area contributed by atoms with Gasteiger partial charge in [0.25, 0.3) is 0 Å². The van der Waals surface area contributed by atoms with E-state index >= 15 is 0 Å². The van der Waals surface area contributed by atoms with Crippen LogP contribution >= 0.6 is 0 Å². The Labute approximate surface area is 209 Å². The summed E-state index contributed by atoms with van der Waals surface area (Å²) >= 11 is 0. The van der Waals surface area contributed by atoms with Crippen LogP contribution < -0.4 is 4.18 Å². The van der Waals surface area contributed by atoms with Gasteiger partial charge in [-0.2, -0.15) is 13.5 Å². The first-order chi connectivity index (χ1) is 16.1.